The Hall–Kier alpha value is -1.40. The van der Waals surface area contributed by atoms with Gasteiger partial charge in [-0.05, 0) is 35.4 Å². The molecule has 0 aromatic carbocycles. The molecule has 6 heteroatoms. The van der Waals surface area contributed by atoms with Gasteiger partial charge in [0.1, 0.15) is 0 Å². The van der Waals surface area contributed by atoms with E-state index in [0.29, 0.717) is 32.6 Å². The summed E-state index contributed by atoms with van der Waals surface area (Å²) >= 11 is 1.62. The number of carbonyl (C=O) groups is 2. The van der Waals surface area contributed by atoms with Crippen LogP contribution in [0.4, 0.5) is 0 Å². The lowest BCUT2D eigenvalue weighted by molar-refractivity contribution is -0.141. The molecule has 1 atom stereocenters. The topological polar surface area (TPSA) is 60.9 Å². The molecule has 1 unspecified atom stereocenters. The van der Waals surface area contributed by atoms with E-state index in [4.69, 9.17) is 5.11 Å². The first-order valence-corrected chi connectivity index (χ1v) is 7.20. The van der Waals surface area contributed by atoms with Gasteiger partial charge in [-0.1, -0.05) is 0 Å². The Morgan fingerprint density at radius 1 is 1.58 bits per heavy atom. The van der Waals surface area contributed by atoms with Crippen LogP contribution in [-0.4, -0.2) is 53.5 Å². The molecule has 2 heterocycles. The van der Waals surface area contributed by atoms with Crippen molar-refractivity contribution in [3.05, 3.63) is 22.4 Å². The number of hydrogen-bond donors (Lipinski definition) is 1. The fraction of sp³-hybridized carbons (Fsp3) is 0.538. The molecule has 5 nitrogen and oxygen atoms in total. The molecule has 0 radical (unpaired) electrons. The van der Waals surface area contributed by atoms with Gasteiger partial charge in [0.2, 0.25) is 5.91 Å². The minimum Gasteiger partial charge on any atom is -0.481 e. The number of carbonyl (C=O) groups excluding carboxylic acids is 1. The Morgan fingerprint density at radius 2 is 2.37 bits per heavy atom. The van der Waals surface area contributed by atoms with Crippen molar-refractivity contribution in [1.82, 2.24) is 9.80 Å². The molecule has 0 spiro atoms. The maximum Gasteiger partial charge on any atom is 0.307 e. The van der Waals surface area contributed by atoms with Crippen LogP contribution in [0, 0.1) is 5.92 Å². The van der Waals surface area contributed by atoms with E-state index >= 15 is 0 Å². The van der Waals surface area contributed by atoms with Gasteiger partial charge < -0.3 is 10.0 Å². The van der Waals surface area contributed by atoms with Gasteiger partial charge >= 0.3 is 5.97 Å². The lowest BCUT2D eigenvalue weighted by Gasteiger charge is -2.21. The monoisotopic (exact) mass is 282 g/mol. The molecule has 1 aromatic heterocycles. The van der Waals surface area contributed by atoms with Gasteiger partial charge in [0, 0.05) is 20.1 Å². The van der Waals surface area contributed by atoms with Crippen molar-refractivity contribution in [1.29, 1.82) is 0 Å². The molecule has 1 amide bonds. The second-order valence-corrected chi connectivity index (χ2v) is 5.72. The zero-order chi connectivity index (χ0) is 13.8. The normalized spacial score (nSPS) is 19.5. The Bertz CT molecular complexity index is 447. The van der Waals surface area contributed by atoms with Crippen LogP contribution in [0.3, 0.4) is 0 Å². The fourth-order valence-electron chi connectivity index (χ4n) is 2.23. The third kappa shape index (κ3) is 3.78. The molecular weight excluding hydrogens is 264 g/mol. The molecular formula is C13H18N2O3S. The summed E-state index contributed by atoms with van der Waals surface area (Å²) in [6.07, 6.45) is 0.636. The maximum absolute atomic E-state index is 12.0. The Balaban J connectivity index is 1.79. The van der Waals surface area contributed by atoms with Gasteiger partial charge in [-0.15, -0.1) is 0 Å². The molecule has 0 bridgehead atoms. The van der Waals surface area contributed by atoms with E-state index in [1.54, 1.807) is 23.3 Å². The molecule has 1 aromatic rings. The van der Waals surface area contributed by atoms with Crippen molar-refractivity contribution in [2.75, 3.05) is 26.7 Å². The smallest absolute Gasteiger partial charge is 0.307 e. The first-order valence-electron chi connectivity index (χ1n) is 6.26. The number of amides is 1. The molecule has 1 saturated heterocycles. The third-order valence-corrected chi connectivity index (χ3v) is 4.14. The number of likely N-dealkylation sites (N-methyl/N-ethyl adjacent to an activating group) is 1. The van der Waals surface area contributed by atoms with Crippen molar-refractivity contribution in [3.8, 4) is 0 Å². The molecule has 1 fully saturated rings. The minimum atomic E-state index is -0.762. The fourth-order valence-corrected chi connectivity index (χ4v) is 2.89. The van der Waals surface area contributed by atoms with Gasteiger partial charge in [0.05, 0.1) is 12.5 Å². The zero-order valence-electron chi connectivity index (χ0n) is 10.9. The maximum atomic E-state index is 12.0. The van der Waals surface area contributed by atoms with Gasteiger partial charge in [-0.3, -0.25) is 14.5 Å². The molecule has 2 rings (SSSR count). The number of rotatable bonds is 5. The number of carboxylic acid groups (broad SMARTS) is 1. The zero-order valence-corrected chi connectivity index (χ0v) is 11.7. The summed E-state index contributed by atoms with van der Waals surface area (Å²) in [7, 11) is 1.78. The quantitative estimate of drug-likeness (QED) is 0.879. The van der Waals surface area contributed by atoms with Crippen molar-refractivity contribution < 1.29 is 14.7 Å². The number of thiophene rings is 1. The number of nitrogens with zero attached hydrogens (tertiary/aromatic N) is 2. The summed E-state index contributed by atoms with van der Waals surface area (Å²) in [6, 6.07) is 2.00. The first-order chi connectivity index (χ1) is 9.06. The van der Waals surface area contributed by atoms with Gasteiger partial charge in [-0.2, -0.15) is 11.3 Å². The van der Waals surface area contributed by atoms with Crippen molar-refractivity contribution >= 4 is 23.2 Å². The molecule has 104 valence electrons. The van der Waals surface area contributed by atoms with Crippen LogP contribution < -0.4 is 0 Å². The number of hydrogen-bond acceptors (Lipinski definition) is 4. The van der Waals surface area contributed by atoms with Crippen molar-refractivity contribution in [3.63, 3.8) is 0 Å². The second-order valence-electron chi connectivity index (χ2n) is 4.94. The summed E-state index contributed by atoms with van der Waals surface area (Å²) in [5, 5.41) is 12.9. The molecule has 1 aliphatic heterocycles. The van der Waals surface area contributed by atoms with Gasteiger partial charge in [0.25, 0.3) is 0 Å². The van der Waals surface area contributed by atoms with Crippen LogP contribution in [0.25, 0.3) is 0 Å². The first kappa shape index (κ1) is 14.0. The predicted octanol–water partition coefficient (Wildman–Crippen LogP) is 1.11. The summed E-state index contributed by atoms with van der Waals surface area (Å²) in [6.45, 7) is 2.09. The van der Waals surface area contributed by atoms with E-state index in [1.807, 2.05) is 21.7 Å². The van der Waals surface area contributed by atoms with Crippen LogP contribution in [0.15, 0.2) is 16.8 Å². The largest absolute Gasteiger partial charge is 0.481 e. The van der Waals surface area contributed by atoms with Crippen LogP contribution in [0.5, 0.6) is 0 Å². The summed E-state index contributed by atoms with van der Waals surface area (Å²) < 4.78 is 0. The van der Waals surface area contributed by atoms with E-state index in [1.165, 1.54) is 0 Å². The highest BCUT2D eigenvalue weighted by Crippen LogP contribution is 2.16. The average molecular weight is 282 g/mol. The highest BCUT2D eigenvalue weighted by atomic mass is 32.1. The number of likely N-dealkylation sites (tertiary alicyclic amines) is 1. The summed E-state index contributed by atoms with van der Waals surface area (Å²) in [4.78, 5) is 26.5. The van der Waals surface area contributed by atoms with Crippen LogP contribution in [0.2, 0.25) is 0 Å². The lowest BCUT2D eigenvalue weighted by atomic mass is 10.1. The van der Waals surface area contributed by atoms with Crippen LogP contribution in [0.1, 0.15) is 12.0 Å². The van der Waals surface area contributed by atoms with Crippen molar-refractivity contribution in [2.45, 2.75) is 13.0 Å². The van der Waals surface area contributed by atoms with E-state index in [0.717, 1.165) is 5.56 Å². The standard InChI is InChI=1S/C13H18N2O3S/c1-14(6-10-3-5-19-9-10)12(16)8-15-4-2-11(7-15)13(17)18/h3,5,9,11H,2,4,6-8H2,1H3,(H,17,18). The van der Waals surface area contributed by atoms with Crippen LogP contribution in [-0.2, 0) is 16.1 Å². The summed E-state index contributed by atoms with van der Waals surface area (Å²) in [5.41, 5.74) is 1.13. The van der Waals surface area contributed by atoms with E-state index in [9.17, 15) is 9.59 Å². The van der Waals surface area contributed by atoms with E-state index < -0.39 is 5.97 Å². The molecule has 0 saturated carbocycles. The predicted molar refractivity (Wildman–Crippen MR) is 73.0 cm³/mol. The highest BCUT2D eigenvalue weighted by molar-refractivity contribution is 7.07. The second kappa shape index (κ2) is 6.16. The minimum absolute atomic E-state index is 0.0391. The molecule has 19 heavy (non-hydrogen) atoms. The summed E-state index contributed by atoms with van der Waals surface area (Å²) in [5.74, 6) is -1.05. The number of carboxylic acids is 1. The van der Waals surface area contributed by atoms with Gasteiger partial charge in [0.15, 0.2) is 0 Å². The SMILES string of the molecule is CN(Cc1ccsc1)C(=O)CN1CCC(C(=O)O)C1. The lowest BCUT2D eigenvalue weighted by Crippen LogP contribution is -2.37. The number of aliphatic carboxylic acids is 1. The van der Waals surface area contributed by atoms with Gasteiger partial charge in [-0.25, -0.2) is 0 Å². The third-order valence-electron chi connectivity index (χ3n) is 3.41. The van der Waals surface area contributed by atoms with Crippen LogP contribution >= 0.6 is 11.3 Å². The average Bonchev–Trinajstić information content (AvgIpc) is 2.99. The molecule has 1 aliphatic rings. The molecule has 1 N–H and O–H groups in total. The molecule has 0 aliphatic carbocycles. The Labute approximate surface area is 116 Å². The Morgan fingerprint density at radius 3 is 2.95 bits per heavy atom. The Kier molecular flexibility index (Phi) is 4.55. The van der Waals surface area contributed by atoms with E-state index in [2.05, 4.69) is 0 Å². The highest BCUT2D eigenvalue weighted by Gasteiger charge is 2.29. The van der Waals surface area contributed by atoms with E-state index in [-0.39, 0.29) is 11.8 Å². The van der Waals surface area contributed by atoms with Crippen molar-refractivity contribution in [2.24, 2.45) is 5.92 Å².